The monoisotopic (exact) mass is 497 g/mol. The first-order chi connectivity index (χ1) is 16.1. The second kappa shape index (κ2) is 9.05. The molecular weight excluding hydrogens is 477 g/mol. The van der Waals surface area contributed by atoms with E-state index in [2.05, 4.69) is 0 Å². The maximum absolute atomic E-state index is 13.3. The summed E-state index contributed by atoms with van der Waals surface area (Å²) in [6.07, 6.45) is 0. The van der Waals surface area contributed by atoms with Crippen LogP contribution in [0.3, 0.4) is 0 Å². The van der Waals surface area contributed by atoms with Crippen LogP contribution in [0.1, 0.15) is 28.3 Å². The number of carbonyl (C=O) groups excluding carboxylic acids is 2. The fourth-order valence-electron chi connectivity index (χ4n) is 4.21. The maximum atomic E-state index is 13.3. The number of methoxy groups -OCH3 is 1. The minimum atomic E-state index is -0.943. The summed E-state index contributed by atoms with van der Waals surface area (Å²) in [5, 5.41) is 21.3. The number of Topliss-reactive ketones (excluding diaryl/α,β-unsaturated/α-hetero) is 1. The lowest BCUT2D eigenvalue weighted by Crippen LogP contribution is -2.29. The van der Waals surface area contributed by atoms with E-state index in [1.165, 1.54) is 36.3 Å². The molecule has 2 N–H and O–H groups in total. The van der Waals surface area contributed by atoms with Gasteiger partial charge in [-0.05, 0) is 66.9 Å². The average Bonchev–Trinajstić information content (AvgIpc) is 3.03. The van der Waals surface area contributed by atoms with Crippen LogP contribution in [-0.4, -0.2) is 29.0 Å². The van der Waals surface area contributed by atoms with Gasteiger partial charge in [0.1, 0.15) is 11.5 Å². The summed E-state index contributed by atoms with van der Waals surface area (Å²) in [5.74, 6) is -1.80. The fourth-order valence-corrected chi connectivity index (χ4v) is 4.85. The third-order valence-electron chi connectivity index (χ3n) is 5.61. The molecule has 1 heterocycles. The molecule has 8 heteroatoms. The van der Waals surface area contributed by atoms with Gasteiger partial charge in [-0.2, -0.15) is 0 Å². The van der Waals surface area contributed by atoms with Gasteiger partial charge in [-0.3, -0.25) is 14.5 Å². The number of rotatable bonds is 4. The summed E-state index contributed by atoms with van der Waals surface area (Å²) in [5.41, 5.74) is 2.92. The highest BCUT2D eigenvalue weighted by atomic mass is 35.5. The summed E-state index contributed by atoms with van der Waals surface area (Å²) in [6.45, 7) is 3.79. The molecule has 174 valence electrons. The maximum Gasteiger partial charge on any atom is 0.300 e. The normalized spacial score (nSPS) is 17.3. The molecule has 1 atom stereocenters. The molecule has 6 nitrogen and oxygen atoms in total. The Labute approximate surface area is 206 Å². The topological polar surface area (TPSA) is 87.1 Å². The second-order valence-corrected chi connectivity index (χ2v) is 8.89. The van der Waals surface area contributed by atoms with Crippen molar-refractivity contribution in [2.24, 2.45) is 0 Å². The van der Waals surface area contributed by atoms with Crippen LogP contribution >= 0.6 is 23.2 Å². The van der Waals surface area contributed by atoms with Crippen LogP contribution in [0.4, 0.5) is 5.69 Å². The number of ketones is 1. The zero-order chi connectivity index (χ0) is 24.7. The van der Waals surface area contributed by atoms with Crippen molar-refractivity contribution in [2.45, 2.75) is 19.9 Å². The van der Waals surface area contributed by atoms with E-state index in [0.29, 0.717) is 11.3 Å². The van der Waals surface area contributed by atoms with Crippen LogP contribution in [0, 0.1) is 13.8 Å². The molecule has 3 aromatic rings. The lowest BCUT2D eigenvalue weighted by Gasteiger charge is -2.26. The second-order valence-electron chi connectivity index (χ2n) is 8.08. The first kappa shape index (κ1) is 23.7. The SMILES string of the molecule is COc1c(Cl)cc(/C(O)=C2\C(=O)C(=O)N(c3cc(C)cc(C)c3)C2c2ccc(O)cc2)cc1Cl. The highest BCUT2D eigenvalue weighted by Gasteiger charge is 2.47. The third kappa shape index (κ3) is 4.11. The van der Waals surface area contributed by atoms with Crippen molar-refractivity contribution in [3.8, 4) is 11.5 Å². The number of aliphatic hydroxyl groups is 1. The Balaban J connectivity index is 1.98. The highest BCUT2D eigenvalue weighted by Crippen LogP contribution is 2.44. The molecule has 1 aliphatic heterocycles. The van der Waals surface area contributed by atoms with Crippen LogP contribution < -0.4 is 9.64 Å². The van der Waals surface area contributed by atoms with E-state index in [-0.39, 0.29) is 32.7 Å². The minimum absolute atomic E-state index is 0.0285. The molecule has 1 fully saturated rings. The van der Waals surface area contributed by atoms with Gasteiger partial charge in [-0.25, -0.2) is 0 Å². The number of anilines is 1. The molecule has 34 heavy (non-hydrogen) atoms. The molecule has 0 bridgehead atoms. The zero-order valence-electron chi connectivity index (χ0n) is 18.6. The van der Waals surface area contributed by atoms with E-state index < -0.39 is 23.5 Å². The van der Waals surface area contributed by atoms with Crippen LogP contribution in [0.25, 0.3) is 5.76 Å². The molecular formula is C26H21Cl2NO5. The number of nitrogens with zero attached hydrogens (tertiary/aromatic N) is 1. The first-order valence-corrected chi connectivity index (χ1v) is 11.1. The quantitative estimate of drug-likeness (QED) is 0.264. The Hall–Kier alpha value is -3.48. The van der Waals surface area contributed by atoms with Crippen molar-refractivity contribution in [3.63, 3.8) is 0 Å². The molecule has 1 saturated heterocycles. The Morgan fingerprint density at radius 3 is 2.03 bits per heavy atom. The van der Waals surface area contributed by atoms with Gasteiger partial charge >= 0.3 is 0 Å². The van der Waals surface area contributed by atoms with E-state index in [9.17, 15) is 19.8 Å². The number of benzene rings is 3. The van der Waals surface area contributed by atoms with Crippen molar-refractivity contribution in [1.29, 1.82) is 0 Å². The lowest BCUT2D eigenvalue weighted by atomic mass is 9.95. The van der Waals surface area contributed by atoms with Crippen LogP contribution in [-0.2, 0) is 9.59 Å². The summed E-state index contributed by atoms with van der Waals surface area (Å²) in [7, 11) is 1.41. The number of carbonyl (C=O) groups is 2. The van der Waals surface area contributed by atoms with Gasteiger partial charge in [0.15, 0.2) is 5.75 Å². The van der Waals surface area contributed by atoms with Crippen LogP contribution in [0.2, 0.25) is 10.0 Å². The van der Waals surface area contributed by atoms with E-state index in [0.717, 1.165) is 11.1 Å². The first-order valence-electron chi connectivity index (χ1n) is 10.3. The highest BCUT2D eigenvalue weighted by molar-refractivity contribution is 6.51. The molecule has 1 unspecified atom stereocenters. The largest absolute Gasteiger partial charge is 0.508 e. The van der Waals surface area contributed by atoms with Gasteiger partial charge < -0.3 is 14.9 Å². The fraction of sp³-hybridized carbons (Fsp3) is 0.154. The molecule has 0 spiro atoms. The van der Waals surface area contributed by atoms with Crippen molar-refractivity contribution in [3.05, 3.63) is 92.5 Å². The summed E-state index contributed by atoms with van der Waals surface area (Å²) in [4.78, 5) is 27.9. The number of amides is 1. The van der Waals surface area contributed by atoms with E-state index in [4.69, 9.17) is 27.9 Å². The predicted molar refractivity (Wildman–Crippen MR) is 132 cm³/mol. The number of aryl methyl sites for hydroxylation is 2. The van der Waals surface area contributed by atoms with Crippen molar-refractivity contribution in [2.75, 3.05) is 12.0 Å². The molecule has 0 aromatic heterocycles. The molecule has 4 rings (SSSR count). The number of hydrogen-bond acceptors (Lipinski definition) is 5. The standard InChI is InChI=1S/C26H21Cl2NO5/c1-13-8-14(2)10-17(9-13)29-22(15-4-6-18(30)7-5-15)21(24(32)26(29)33)23(31)16-11-19(27)25(34-3)20(28)12-16/h4-12,22,30-31H,1-3H3/b23-21+. The molecule has 0 radical (unpaired) electrons. The number of hydrogen-bond donors (Lipinski definition) is 2. The van der Waals surface area contributed by atoms with Crippen molar-refractivity contribution < 1.29 is 24.5 Å². The number of aromatic hydroxyl groups is 1. The minimum Gasteiger partial charge on any atom is -0.508 e. The molecule has 0 aliphatic carbocycles. The number of aliphatic hydroxyl groups excluding tert-OH is 1. The Morgan fingerprint density at radius 2 is 1.50 bits per heavy atom. The Morgan fingerprint density at radius 1 is 0.941 bits per heavy atom. The van der Waals surface area contributed by atoms with Gasteiger partial charge in [0.05, 0.1) is 28.8 Å². The summed E-state index contributed by atoms with van der Waals surface area (Å²) >= 11 is 12.5. The summed E-state index contributed by atoms with van der Waals surface area (Å²) < 4.78 is 5.16. The molecule has 1 amide bonds. The van der Waals surface area contributed by atoms with E-state index in [1.54, 1.807) is 24.3 Å². The number of halogens is 2. The van der Waals surface area contributed by atoms with Gasteiger partial charge in [0.2, 0.25) is 0 Å². The predicted octanol–water partition coefficient (Wildman–Crippen LogP) is 5.95. The van der Waals surface area contributed by atoms with Crippen molar-refractivity contribution in [1.82, 2.24) is 0 Å². The average molecular weight is 498 g/mol. The summed E-state index contributed by atoms with van der Waals surface area (Å²) in [6, 6.07) is 13.6. The molecule has 0 saturated carbocycles. The Bertz CT molecular complexity index is 1300. The number of ether oxygens (including phenoxy) is 1. The van der Waals surface area contributed by atoms with Gasteiger partial charge in [0.25, 0.3) is 11.7 Å². The third-order valence-corrected chi connectivity index (χ3v) is 6.18. The van der Waals surface area contributed by atoms with E-state index >= 15 is 0 Å². The zero-order valence-corrected chi connectivity index (χ0v) is 20.1. The number of phenolic OH excluding ortho intramolecular Hbond substituents is 1. The van der Waals surface area contributed by atoms with Crippen LogP contribution in [0.15, 0.2) is 60.2 Å². The van der Waals surface area contributed by atoms with E-state index in [1.807, 2.05) is 19.9 Å². The Kier molecular flexibility index (Phi) is 6.30. The van der Waals surface area contributed by atoms with Crippen molar-refractivity contribution >= 4 is 46.3 Å². The van der Waals surface area contributed by atoms with Crippen LogP contribution in [0.5, 0.6) is 11.5 Å². The molecule has 3 aromatic carbocycles. The smallest absolute Gasteiger partial charge is 0.300 e. The van der Waals surface area contributed by atoms with Gasteiger partial charge in [0, 0.05) is 11.3 Å². The van der Waals surface area contributed by atoms with Gasteiger partial charge in [-0.1, -0.05) is 41.4 Å². The lowest BCUT2D eigenvalue weighted by molar-refractivity contribution is -0.132. The molecule has 1 aliphatic rings. The number of phenols is 1. The van der Waals surface area contributed by atoms with Gasteiger partial charge in [-0.15, -0.1) is 0 Å².